The molecular formula is C19H23N5O3. The Morgan fingerprint density at radius 2 is 1.93 bits per heavy atom. The quantitative estimate of drug-likeness (QED) is 0.664. The van der Waals surface area contributed by atoms with Gasteiger partial charge in [0.15, 0.2) is 11.3 Å². The predicted octanol–water partition coefficient (Wildman–Crippen LogP) is 2.51. The van der Waals surface area contributed by atoms with Crippen molar-refractivity contribution in [1.29, 1.82) is 0 Å². The van der Waals surface area contributed by atoms with Gasteiger partial charge < -0.3 is 15.5 Å². The molecule has 0 aliphatic rings. The van der Waals surface area contributed by atoms with Crippen LogP contribution in [0.15, 0.2) is 29.1 Å². The molecule has 2 heterocycles. The second-order valence-corrected chi connectivity index (χ2v) is 6.17. The first-order valence-electron chi connectivity index (χ1n) is 9.06. The molecule has 142 valence electrons. The molecule has 2 aromatic heterocycles. The zero-order chi connectivity index (χ0) is 19.6. The molecule has 1 aromatic carbocycles. The summed E-state index contributed by atoms with van der Waals surface area (Å²) in [5.74, 6) is 0.406. The van der Waals surface area contributed by atoms with Gasteiger partial charge in [0.1, 0.15) is 17.1 Å². The molecule has 0 bridgehead atoms. The number of imidazole rings is 1. The molecule has 0 fully saturated rings. The van der Waals surface area contributed by atoms with Gasteiger partial charge in [0, 0.05) is 5.92 Å². The van der Waals surface area contributed by atoms with Crippen molar-refractivity contribution >= 4 is 17.1 Å². The van der Waals surface area contributed by atoms with Gasteiger partial charge in [-0.3, -0.25) is 4.79 Å². The standard InChI is InChI=1S/C19H23N5O3/c1-4-11(5-2)17-21-14(16(20)25)15-18(23-17)24(19(26)22-15)12-9-7-8-10-13(12)27-6-3/h7-11H,4-6H2,1-3H3,(H2,20,25)(H,22,26). The fourth-order valence-electron chi connectivity index (χ4n) is 3.16. The van der Waals surface area contributed by atoms with Gasteiger partial charge in [-0.2, -0.15) is 0 Å². The van der Waals surface area contributed by atoms with Crippen LogP contribution < -0.4 is 16.2 Å². The third-order valence-electron chi connectivity index (χ3n) is 4.54. The maximum atomic E-state index is 12.7. The summed E-state index contributed by atoms with van der Waals surface area (Å²) in [4.78, 5) is 36.3. The predicted molar refractivity (Wildman–Crippen MR) is 102 cm³/mol. The van der Waals surface area contributed by atoms with E-state index in [4.69, 9.17) is 10.5 Å². The lowest BCUT2D eigenvalue weighted by molar-refractivity contribution is 0.0996. The number of H-pyrrole nitrogens is 1. The summed E-state index contributed by atoms with van der Waals surface area (Å²) in [6.45, 7) is 6.38. The molecule has 0 saturated heterocycles. The molecule has 0 atom stereocenters. The van der Waals surface area contributed by atoms with E-state index in [1.807, 2.05) is 26.8 Å². The summed E-state index contributed by atoms with van der Waals surface area (Å²) in [6.07, 6.45) is 1.62. The van der Waals surface area contributed by atoms with Crippen LogP contribution >= 0.6 is 0 Å². The number of aromatic amines is 1. The molecule has 0 spiro atoms. The maximum absolute atomic E-state index is 12.7. The average molecular weight is 369 g/mol. The molecule has 3 aromatic rings. The average Bonchev–Trinajstić information content (AvgIpc) is 2.98. The number of aromatic nitrogens is 4. The van der Waals surface area contributed by atoms with Crippen LogP contribution in [0.5, 0.6) is 5.75 Å². The number of nitrogens with two attached hydrogens (primary N) is 1. The number of hydrogen-bond donors (Lipinski definition) is 2. The van der Waals surface area contributed by atoms with Crippen LogP contribution in [0.4, 0.5) is 0 Å². The van der Waals surface area contributed by atoms with E-state index in [0.717, 1.165) is 12.8 Å². The van der Waals surface area contributed by atoms with Crippen LogP contribution in [0.1, 0.15) is 55.8 Å². The van der Waals surface area contributed by atoms with Crippen molar-refractivity contribution in [3.05, 3.63) is 46.3 Å². The van der Waals surface area contributed by atoms with E-state index in [-0.39, 0.29) is 17.1 Å². The maximum Gasteiger partial charge on any atom is 0.332 e. The molecule has 1 amide bonds. The largest absolute Gasteiger partial charge is 0.492 e. The highest BCUT2D eigenvalue weighted by Gasteiger charge is 2.23. The lowest BCUT2D eigenvalue weighted by Crippen LogP contribution is -2.17. The van der Waals surface area contributed by atoms with E-state index in [1.54, 1.807) is 18.2 Å². The first-order chi connectivity index (χ1) is 13.0. The molecule has 8 nitrogen and oxygen atoms in total. The van der Waals surface area contributed by atoms with E-state index >= 15 is 0 Å². The Morgan fingerprint density at radius 3 is 2.56 bits per heavy atom. The normalized spacial score (nSPS) is 11.3. The zero-order valence-corrected chi connectivity index (χ0v) is 15.7. The third-order valence-corrected chi connectivity index (χ3v) is 4.54. The van der Waals surface area contributed by atoms with Crippen LogP contribution in [0.2, 0.25) is 0 Å². The van der Waals surface area contributed by atoms with E-state index in [1.165, 1.54) is 4.57 Å². The van der Waals surface area contributed by atoms with Gasteiger partial charge >= 0.3 is 5.69 Å². The smallest absolute Gasteiger partial charge is 0.332 e. The van der Waals surface area contributed by atoms with Gasteiger partial charge in [0.2, 0.25) is 0 Å². The highest BCUT2D eigenvalue weighted by atomic mass is 16.5. The summed E-state index contributed by atoms with van der Waals surface area (Å²) in [5.41, 5.74) is 6.20. The Morgan fingerprint density at radius 1 is 1.22 bits per heavy atom. The van der Waals surface area contributed by atoms with Gasteiger partial charge in [0.05, 0.1) is 12.3 Å². The van der Waals surface area contributed by atoms with Gasteiger partial charge in [0.25, 0.3) is 5.91 Å². The zero-order valence-electron chi connectivity index (χ0n) is 15.7. The third kappa shape index (κ3) is 3.30. The molecule has 0 unspecified atom stereocenters. The molecule has 3 rings (SSSR count). The fourth-order valence-corrected chi connectivity index (χ4v) is 3.16. The van der Waals surface area contributed by atoms with E-state index in [2.05, 4.69) is 15.0 Å². The van der Waals surface area contributed by atoms with Gasteiger partial charge in [-0.15, -0.1) is 0 Å². The number of amides is 1. The van der Waals surface area contributed by atoms with Gasteiger partial charge in [-0.1, -0.05) is 26.0 Å². The van der Waals surface area contributed by atoms with Crippen molar-refractivity contribution in [1.82, 2.24) is 19.5 Å². The molecule has 0 saturated carbocycles. The number of primary amides is 1. The molecule has 8 heteroatoms. The van der Waals surface area contributed by atoms with Crippen LogP contribution in [0.3, 0.4) is 0 Å². The molecule has 3 N–H and O–H groups in total. The summed E-state index contributed by atoms with van der Waals surface area (Å²) in [7, 11) is 0. The number of nitrogens with one attached hydrogen (secondary N) is 1. The molecule has 27 heavy (non-hydrogen) atoms. The number of carbonyl (C=O) groups is 1. The summed E-state index contributed by atoms with van der Waals surface area (Å²) in [6, 6.07) is 7.18. The minimum atomic E-state index is -0.707. The van der Waals surface area contributed by atoms with E-state index in [9.17, 15) is 9.59 Å². The topological polar surface area (TPSA) is 116 Å². The number of benzene rings is 1. The molecule has 0 radical (unpaired) electrons. The molecule has 0 aliphatic heterocycles. The van der Waals surface area contributed by atoms with Crippen LogP contribution in [-0.4, -0.2) is 32.0 Å². The highest BCUT2D eigenvalue weighted by Crippen LogP contribution is 2.27. The monoisotopic (exact) mass is 369 g/mol. The lowest BCUT2D eigenvalue weighted by Gasteiger charge is -2.13. The lowest BCUT2D eigenvalue weighted by atomic mass is 10.0. The van der Waals surface area contributed by atoms with Crippen molar-refractivity contribution < 1.29 is 9.53 Å². The number of ether oxygens (including phenoxy) is 1. The van der Waals surface area contributed by atoms with Crippen molar-refractivity contribution in [2.45, 2.75) is 39.5 Å². The van der Waals surface area contributed by atoms with Crippen molar-refractivity contribution in [3.8, 4) is 11.4 Å². The highest BCUT2D eigenvalue weighted by molar-refractivity contribution is 6.01. The second kappa shape index (κ2) is 7.61. The summed E-state index contributed by atoms with van der Waals surface area (Å²) in [5, 5.41) is 0. The number of para-hydroxylation sites is 2. The Labute approximate surface area is 156 Å². The Kier molecular flexibility index (Phi) is 5.25. The van der Waals surface area contributed by atoms with Crippen molar-refractivity contribution in [3.63, 3.8) is 0 Å². The van der Waals surface area contributed by atoms with Crippen molar-refractivity contribution in [2.24, 2.45) is 5.73 Å². The summed E-state index contributed by atoms with van der Waals surface area (Å²) < 4.78 is 7.06. The van der Waals surface area contributed by atoms with Gasteiger partial charge in [-0.05, 0) is 31.9 Å². The number of rotatable bonds is 7. The Bertz CT molecular complexity index is 1030. The first-order valence-corrected chi connectivity index (χ1v) is 9.06. The minimum absolute atomic E-state index is 0.0200. The fraction of sp³-hybridized carbons (Fsp3) is 0.368. The number of fused-ring (bicyclic) bond motifs is 1. The van der Waals surface area contributed by atoms with Crippen molar-refractivity contribution in [2.75, 3.05) is 6.61 Å². The Hall–Kier alpha value is -3.16. The van der Waals surface area contributed by atoms with Gasteiger partial charge in [-0.25, -0.2) is 19.3 Å². The number of nitrogens with zero attached hydrogens (tertiary/aromatic N) is 3. The van der Waals surface area contributed by atoms with Crippen LogP contribution in [-0.2, 0) is 0 Å². The summed E-state index contributed by atoms with van der Waals surface area (Å²) >= 11 is 0. The Balaban J connectivity index is 2.36. The number of hydrogen-bond acceptors (Lipinski definition) is 5. The molecule has 0 aliphatic carbocycles. The van der Waals surface area contributed by atoms with E-state index < -0.39 is 11.6 Å². The van der Waals surface area contributed by atoms with Crippen LogP contribution in [0, 0.1) is 0 Å². The van der Waals surface area contributed by atoms with E-state index in [0.29, 0.717) is 29.5 Å². The second-order valence-electron chi connectivity index (χ2n) is 6.17. The number of carbonyl (C=O) groups excluding carboxylic acids is 1. The molecular weight excluding hydrogens is 346 g/mol. The first kappa shape index (κ1) is 18.6. The van der Waals surface area contributed by atoms with Crippen LogP contribution in [0.25, 0.3) is 16.9 Å². The minimum Gasteiger partial charge on any atom is -0.492 e. The SMILES string of the molecule is CCOc1ccccc1-n1c(=O)[nH]c2c(C(N)=O)nc(C(CC)CC)nc21.